The molecule has 2 N–H and O–H groups in total. The summed E-state index contributed by atoms with van der Waals surface area (Å²) in [6, 6.07) is 9.17. The highest BCUT2D eigenvalue weighted by Crippen LogP contribution is 2.32. The number of nitrogens with zero attached hydrogens (tertiary/aromatic N) is 4. The summed E-state index contributed by atoms with van der Waals surface area (Å²) in [5, 5.41) is 13.5. The van der Waals surface area contributed by atoms with Crippen molar-refractivity contribution in [1.82, 2.24) is 24.9 Å². The molecule has 0 aliphatic rings. The van der Waals surface area contributed by atoms with Gasteiger partial charge in [-0.25, -0.2) is 4.79 Å². The fourth-order valence-electron chi connectivity index (χ4n) is 2.81. The van der Waals surface area contributed by atoms with E-state index in [1.54, 1.807) is 24.4 Å². The first-order valence-electron chi connectivity index (χ1n) is 8.32. The highest BCUT2D eigenvalue weighted by atomic mass is 35.5. The monoisotopic (exact) mass is 420 g/mol. The zero-order valence-corrected chi connectivity index (χ0v) is 15.3. The van der Waals surface area contributed by atoms with Gasteiger partial charge in [-0.1, -0.05) is 29.8 Å². The molecule has 0 bridgehead atoms. The number of carbonyl (C=O) groups is 1. The molecule has 0 radical (unpaired) electrons. The van der Waals surface area contributed by atoms with E-state index in [2.05, 4.69) is 25.8 Å². The van der Waals surface area contributed by atoms with Crippen LogP contribution in [0.15, 0.2) is 48.8 Å². The topological polar surface area (TPSA) is 84.2 Å². The van der Waals surface area contributed by atoms with E-state index in [-0.39, 0.29) is 23.0 Å². The molecule has 1 aromatic carbocycles. The predicted molar refractivity (Wildman–Crippen MR) is 101 cm³/mol. The number of carbonyl (C=O) groups excluding carboxylic acids is 1. The van der Waals surface area contributed by atoms with Crippen molar-refractivity contribution in [3.63, 3.8) is 0 Å². The number of amides is 2. The number of pyridine rings is 2. The molecule has 148 valence electrons. The number of benzene rings is 1. The van der Waals surface area contributed by atoms with Gasteiger partial charge in [-0.3, -0.25) is 9.38 Å². The van der Waals surface area contributed by atoms with E-state index in [4.69, 9.17) is 11.6 Å². The quantitative estimate of drug-likeness (QED) is 0.518. The maximum absolute atomic E-state index is 13.0. The molecule has 3 aromatic heterocycles. The lowest BCUT2D eigenvalue weighted by molar-refractivity contribution is -0.137. The number of urea groups is 1. The first kappa shape index (κ1) is 18.9. The summed E-state index contributed by atoms with van der Waals surface area (Å²) in [4.78, 5) is 16.5. The summed E-state index contributed by atoms with van der Waals surface area (Å²) in [5.41, 5.74) is 0.228. The Kier molecular flexibility index (Phi) is 4.71. The lowest BCUT2D eigenvalue weighted by Gasteiger charge is -2.10. The van der Waals surface area contributed by atoms with Gasteiger partial charge in [-0.15, -0.1) is 10.2 Å². The van der Waals surface area contributed by atoms with Gasteiger partial charge in [-0.05, 0) is 18.2 Å². The van der Waals surface area contributed by atoms with Crippen LogP contribution in [0.25, 0.3) is 16.6 Å². The van der Waals surface area contributed by atoms with Gasteiger partial charge in [0.1, 0.15) is 0 Å². The molecule has 7 nitrogen and oxygen atoms in total. The van der Waals surface area contributed by atoms with Crippen LogP contribution in [0.4, 0.5) is 23.7 Å². The van der Waals surface area contributed by atoms with Crippen LogP contribution in [-0.4, -0.2) is 25.6 Å². The molecule has 0 aliphatic carbocycles. The molecule has 0 unspecified atom stereocenters. The van der Waals surface area contributed by atoms with E-state index < -0.39 is 17.8 Å². The van der Waals surface area contributed by atoms with Crippen molar-refractivity contribution >= 4 is 39.9 Å². The third-order valence-electron chi connectivity index (χ3n) is 4.15. The standard InChI is InChI=1S/C18H12ClF3N6O/c19-12-7-11(18(20,21)22)9-28-14(26-27-16(12)28)8-24-17(29)25-13-5-1-3-10-4-2-6-23-15(10)13/h1-7,9H,8H2,(H2,24,25,29). The Morgan fingerprint density at radius 2 is 1.97 bits per heavy atom. The molecule has 0 spiro atoms. The molecule has 4 rings (SSSR count). The third-order valence-corrected chi connectivity index (χ3v) is 4.42. The van der Waals surface area contributed by atoms with Crippen LogP contribution in [0, 0.1) is 0 Å². The number of fused-ring (bicyclic) bond motifs is 2. The summed E-state index contributed by atoms with van der Waals surface area (Å²) >= 11 is 5.88. The molecular weight excluding hydrogens is 409 g/mol. The fraction of sp³-hybridized carbons (Fsp3) is 0.111. The normalized spacial score (nSPS) is 11.7. The summed E-state index contributed by atoms with van der Waals surface area (Å²) < 4.78 is 40.2. The fourth-order valence-corrected chi connectivity index (χ4v) is 3.05. The number of para-hydroxylation sites is 1. The largest absolute Gasteiger partial charge is 0.417 e. The molecule has 3 heterocycles. The lowest BCUT2D eigenvalue weighted by atomic mass is 10.2. The number of halogens is 4. The average Bonchev–Trinajstić information content (AvgIpc) is 3.10. The van der Waals surface area contributed by atoms with Gasteiger partial charge in [0.2, 0.25) is 0 Å². The Bertz CT molecular complexity index is 1220. The number of rotatable bonds is 3. The predicted octanol–water partition coefficient (Wildman–Crippen LogP) is 4.27. The molecule has 4 aromatic rings. The van der Waals surface area contributed by atoms with Gasteiger partial charge in [0.05, 0.1) is 28.3 Å². The van der Waals surface area contributed by atoms with Gasteiger partial charge < -0.3 is 10.6 Å². The second-order valence-corrected chi connectivity index (χ2v) is 6.48. The zero-order valence-electron chi connectivity index (χ0n) is 14.5. The van der Waals surface area contributed by atoms with Gasteiger partial charge in [0, 0.05) is 17.8 Å². The Labute approximate surface area is 166 Å². The molecule has 0 saturated heterocycles. The summed E-state index contributed by atoms with van der Waals surface area (Å²) in [5.74, 6) is 0.0965. The molecule has 2 amide bonds. The van der Waals surface area contributed by atoms with Crippen LogP contribution in [0.5, 0.6) is 0 Å². The second-order valence-electron chi connectivity index (χ2n) is 6.07. The Morgan fingerprint density at radius 1 is 1.17 bits per heavy atom. The minimum absolute atomic E-state index is 0.0649. The van der Waals surface area contributed by atoms with Crippen molar-refractivity contribution in [1.29, 1.82) is 0 Å². The number of alkyl halides is 3. The lowest BCUT2D eigenvalue weighted by Crippen LogP contribution is -2.29. The summed E-state index contributed by atoms with van der Waals surface area (Å²) in [6.07, 6.45) is -2.13. The van der Waals surface area contributed by atoms with E-state index >= 15 is 0 Å². The minimum atomic E-state index is -4.58. The van der Waals surface area contributed by atoms with Crippen molar-refractivity contribution in [2.45, 2.75) is 12.7 Å². The van der Waals surface area contributed by atoms with E-state index in [1.165, 1.54) is 0 Å². The molecule has 0 atom stereocenters. The summed E-state index contributed by atoms with van der Waals surface area (Å²) in [6.45, 7) is -0.164. The maximum atomic E-state index is 13.0. The van der Waals surface area contributed by atoms with Gasteiger partial charge in [0.15, 0.2) is 11.5 Å². The molecular formula is C18H12ClF3N6O. The van der Waals surface area contributed by atoms with Crippen molar-refractivity contribution in [2.24, 2.45) is 0 Å². The highest BCUT2D eigenvalue weighted by Gasteiger charge is 2.32. The van der Waals surface area contributed by atoms with Crippen molar-refractivity contribution < 1.29 is 18.0 Å². The Hall–Kier alpha value is -3.40. The van der Waals surface area contributed by atoms with Gasteiger partial charge in [-0.2, -0.15) is 13.2 Å². The Balaban J connectivity index is 1.53. The van der Waals surface area contributed by atoms with Gasteiger partial charge in [0.25, 0.3) is 0 Å². The molecule has 0 aliphatic heterocycles. The van der Waals surface area contributed by atoms with E-state index in [9.17, 15) is 18.0 Å². The second kappa shape index (κ2) is 7.21. The number of hydrogen-bond acceptors (Lipinski definition) is 4. The molecule has 11 heteroatoms. The number of aromatic nitrogens is 4. The first-order chi connectivity index (χ1) is 13.8. The Morgan fingerprint density at radius 3 is 2.76 bits per heavy atom. The van der Waals surface area contributed by atoms with Gasteiger partial charge >= 0.3 is 12.2 Å². The summed E-state index contributed by atoms with van der Waals surface area (Å²) in [7, 11) is 0. The number of anilines is 1. The average molecular weight is 421 g/mol. The highest BCUT2D eigenvalue weighted by molar-refractivity contribution is 6.33. The van der Waals surface area contributed by atoms with Crippen molar-refractivity contribution in [3.8, 4) is 0 Å². The maximum Gasteiger partial charge on any atom is 0.417 e. The van der Waals surface area contributed by atoms with E-state index in [0.29, 0.717) is 11.2 Å². The van der Waals surface area contributed by atoms with Crippen LogP contribution in [-0.2, 0) is 12.7 Å². The van der Waals surface area contributed by atoms with Crippen LogP contribution in [0.2, 0.25) is 5.02 Å². The van der Waals surface area contributed by atoms with Crippen LogP contribution in [0.1, 0.15) is 11.4 Å². The number of nitrogens with one attached hydrogen (secondary N) is 2. The van der Waals surface area contributed by atoms with Crippen molar-refractivity contribution in [3.05, 3.63) is 65.2 Å². The van der Waals surface area contributed by atoms with E-state index in [1.807, 2.05) is 12.1 Å². The van der Waals surface area contributed by atoms with Crippen molar-refractivity contribution in [2.75, 3.05) is 5.32 Å². The zero-order chi connectivity index (χ0) is 20.6. The third kappa shape index (κ3) is 3.79. The van der Waals surface area contributed by atoms with Crippen LogP contribution >= 0.6 is 11.6 Å². The molecule has 0 fully saturated rings. The smallest absolute Gasteiger partial charge is 0.331 e. The SMILES string of the molecule is O=C(NCc1nnc2c(Cl)cc(C(F)(F)F)cn12)Nc1cccc2cccnc12. The molecule has 0 saturated carbocycles. The van der Waals surface area contributed by atoms with Crippen LogP contribution < -0.4 is 10.6 Å². The molecule has 29 heavy (non-hydrogen) atoms. The first-order valence-corrected chi connectivity index (χ1v) is 8.69. The van der Waals surface area contributed by atoms with E-state index in [0.717, 1.165) is 22.1 Å². The number of hydrogen-bond donors (Lipinski definition) is 2. The van der Waals surface area contributed by atoms with Crippen LogP contribution in [0.3, 0.4) is 0 Å². The minimum Gasteiger partial charge on any atom is -0.331 e.